The SMILES string of the molecule is CC/C=C\C/C=C\C/C=C\C/C=C\C/C=C\CCCC(=O)OCC1COP(=O)(O)O1. The number of allylic oxidation sites excluding steroid dienone is 10. The van der Waals surface area contributed by atoms with E-state index in [4.69, 9.17) is 14.2 Å². The van der Waals surface area contributed by atoms with Crippen LogP contribution in [0.15, 0.2) is 60.8 Å². The first-order valence-corrected chi connectivity index (χ1v) is 12.1. The molecule has 1 heterocycles. The van der Waals surface area contributed by atoms with Gasteiger partial charge in [-0.25, -0.2) is 4.57 Å². The molecule has 0 aromatic rings. The maximum absolute atomic E-state index is 11.6. The highest BCUT2D eigenvalue weighted by atomic mass is 31.2. The number of unbranched alkanes of at least 4 members (excludes halogenated alkanes) is 1. The lowest BCUT2D eigenvalue weighted by Crippen LogP contribution is -2.20. The molecule has 0 aliphatic carbocycles. The summed E-state index contributed by atoms with van der Waals surface area (Å²) in [5.74, 6) is -0.342. The molecule has 0 spiro atoms. The predicted molar refractivity (Wildman–Crippen MR) is 120 cm³/mol. The summed E-state index contributed by atoms with van der Waals surface area (Å²) in [5, 5.41) is 0. The topological polar surface area (TPSA) is 82.1 Å². The quantitative estimate of drug-likeness (QED) is 0.147. The Balaban J connectivity index is 1.94. The molecule has 0 radical (unpaired) electrons. The lowest BCUT2D eigenvalue weighted by Gasteiger charge is -2.08. The van der Waals surface area contributed by atoms with E-state index in [0.717, 1.165) is 38.5 Å². The zero-order valence-electron chi connectivity index (χ0n) is 17.9. The first-order chi connectivity index (χ1) is 14.5. The normalized spacial score (nSPS) is 22.5. The van der Waals surface area contributed by atoms with Crippen molar-refractivity contribution in [3.05, 3.63) is 60.8 Å². The van der Waals surface area contributed by atoms with Crippen molar-refractivity contribution in [1.29, 1.82) is 0 Å². The molecule has 30 heavy (non-hydrogen) atoms. The van der Waals surface area contributed by atoms with Crippen LogP contribution in [0.3, 0.4) is 0 Å². The molecule has 0 aromatic carbocycles. The summed E-state index contributed by atoms with van der Waals surface area (Å²) in [7, 11) is -3.93. The van der Waals surface area contributed by atoms with Gasteiger partial charge >= 0.3 is 13.8 Å². The maximum Gasteiger partial charge on any atom is 0.472 e. The second-order valence-electron chi connectivity index (χ2n) is 6.78. The van der Waals surface area contributed by atoms with E-state index < -0.39 is 13.9 Å². The van der Waals surface area contributed by atoms with Crippen molar-refractivity contribution in [1.82, 2.24) is 0 Å². The first-order valence-electron chi connectivity index (χ1n) is 10.6. The summed E-state index contributed by atoms with van der Waals surface area (Å²) < 4.78 is 25.4. The molecule has 0 saturated carbocycles. The monoisotopic (exact) mass is 438 g/mol. The standard InChI is InChI=1S/C23H35O6P/c1-2-3-4-5-6-7-8-9-10-11-12-13-14-15-16-17-18-19-23(24)27-20-22-21-28-30(25,26)29-22/h3-4,6-7,9-10,12-13,15-16,22H,2,5,8,11,14,17-21H2,1H3,(H,25,26)/b4-3-,7-6-,10-9-,13-12-,16-15-. The van der Waals surface area contributed by atoms with Crippen LogP contribution in [0.1, 0.15) is 58.3 Å². The fourth-order valence-corrected chi connectivity index (χ4v) is 3.41. The molecule has 1 aliphatic heterocycles. The van der Waals surface area contributed by atoms with Gasteiger partial charge in [0.15, 0.2) is 0 Å². The van der Waals surface area contributed by atoms with Gasteiger partial charge in [-0.3, -0.25) is 13.8 Å². The highest BCUT2D eigenvalue weighted by molar-refractivity contribution is 7.47. The molecule has 6 nitrogen and oxygen atoms in total. The van der Waals surface area contributed by atoms with E-state index in [1.165, 1.54) is 0 Å². The molecule has 168 valence electrons. The Morgan fingerprint density at radius 3 is 2.00 bits per heavy atom. The summed E-state index contributed by atoms with van der Waals surface area (Å²) in [6.45, 7) is 2.03. The van der Waals surface area contributed by atoms with Crippen LogP contribution in [-0.2, 0) is 23.1 Å². The Hall–Kier alpha value is -1.72. The van der Waals surface area contributed by atoms with Crippen LogP contribution in [0.25, 0.3) is 0 Å². The Bertz CT molecular complexity index is 663. The van der Waals surface area contributed by atoms with E-state index in [1.54, 1.807) is 0 Å². The van der Waals surface area contributed by atoms with Gasteiger partial charge in [0.25, 0.3) is 0 Å². The highest BCUT2D eigenvalue weighted by Crippen LogP contribution is 2.49. The number of carbonyl (C=O) groups excluding carboxylic acids is 1. The molecule has 2 atom stereocenters. The molecule has 1 fully saturated rings. The molecule has 1 aliphatic rings. The first kappa shape index (κ1) is 26.3. The minimum Gasteiger partial charge on any atom is -0.463 e. The van der Waals surface area contributed by atoms with Crippen molar-refractivity contribution in [2.24, 2.45) is 0 Å². The summed E-state index contributed by atoms with van der Waals surface area (Å²) in [6.07, 6.45) is 27.5. The minimum atomic E-state index is -3.93. The lowest BCUT2D eigenvalue weighted by molar-refractivity contribution is -0.146. The average molecular weight is 439 g/mol. The molecule has 1 N–H and O–H groups in total. The largest absolute Gasteiger partial charge is 0.472 e. The van der Waals surface area contributed by atoms with Crippen molar-refractivity contribution in [2.45, 2.75) is 64.4 Å². The van der Waals surface area contributed by atoms with Crippen LogP contribution < -0.4 is 0 Å². The van der Waals surface area contributed by atoms with E-state index in [-0.39, 0.29) is 19.2 Å². The van der Waals surface area contributed by atoms with Gasteiger partial charge in [0.2, 0.25) is 0 Å². The summed E-state index contributed by atoms with van der Waals surface area (Å²) >= 11 is 0. The molecule has 1 saturated heterocycles. The van der Waals surface area contributed by atoms with Crippen molar-refractivity contribution in [3.63, 3.8) is 0 Å². The van der Waals surface area contributed by atoms with Crippen LogP contribution in [0.2, 0.25) is 0 Å². The van der Waals surface area contributed by atoms with E-state index >= 15 is 0 Å². The molecular formula is C23H35O6P. The van der Waals surface area contributed by atoms with Crippen molar-refractivity contribution < 1.29 is 28.0 Å². The molecule has 0 amide bonds. The molecule has 2 unspecified atom stereocenters. The summed E-state index contributed by atoms with van der Waals surface area (Å²) in [6, 6.07) is 0. The number of rotatable bonds is 15. The van der Waals surface area contributed by atoms with Crippen LogP contribution in [0.5, 0.6) is 0 Å². The predicted octanol–water partition coefficient (Wildman–Crippen LogP) is 5.97. The third-order valence-corrected chi connectivity index (χ3v) is 5.09. The van der Waals surface area contributed by atoms with Gasteiger partial charge in [-0.15, -0.1) is 0 Å². The summed E-state index contributed by atoms with van der Waals surface area (Å²) in [5.41, 5.74) is 0. The average Bonchev–Trinajstić information content (AvgIpc) is 3.07. The zero-order valence-corrected chi connectivity index (χ0v) is 18.8. The van der Waals surface area contributed by atoms with Gasteiger partial charge in [0.05, 0.1) is 6.61 Å². The van der Waals surface area contributed by atoms with E-state index in [9.17, 15) is 9.36 Å². The van der Waals surface area contributed by atoms with E-state index in [2.05, 4.69) is 72.2 Å². The van der Waals surface area contributed by atoms with Crippen molar-refractivity contribution in [3.8, 4) is 0 Å². The smallest absolute Gasteiger partial charge is 0.463 e. The fraction of sp³-hybridized carbons (Fsp3) is 0.522. The summed E-state index contributed by atoms with van der Waals surface area (Å²) in [4.78, 5) is 20.7. The van der Waals surface area contributed by atoms with Gasteiger partial charge in [-0.1, -0.05) is 67.7 Å². The fourth-order valence-electron chi connectivity index (χ4n) is 2.50. The minimum absolute atomic E-state index is 0.0406. The highest BCUT2D eigenvalue weighted by Gasteiger charge is 2.35. The molecule has 0 bridgehead atoms. The van der Waals surface area contributed by atoms with Crippen LogP contribution in [0, 0.1) is 0 Å². The number of phosphoric ester groups is 1. The lowest BCUT2D eigenvalue weighted by atomic mass is 10.2. The Labute approximate surface area is 180 Å². The number of hydrogen-bond donors (Lipinski definition) is 1. The van der Waals surface area contributed by atoms with Crippen molar-refractivity contribution >= 4 is 13.8 Å². The van der Waals surface area contributed by atoms with Crippen LogP contribution >= 0.6 is 7.82 Å². The number of esters is 1. The van der Waals surface area contributed by atoms with E-state index in [0.29, 0.717) is 12.8 Å². The van der Waals surface area contributed by atoms with Gasteiger partial charge in [0, 0.05) is 6.42 Å². The molecule has 7 heteroatoms. The zero-order chi connectivity index (χ0) is 21.9. The number of phosphoric acid groups is 1. The van der Waals surface area contributed by atoms with Crippen LogP contribution in [0.4, 0.5) is 0 Å². The molecule has 1 rings (SSSR count). The van der Waals surface area contributed by atoms with Gasteiger partial charge in [-0.05, 0) is 44.9 Å². The Kier molecular flexibility index (Phi) is 14.9. The van der Waals surface area contributed by atoms with E-state index in [1.807, 2.05) is 0 Å². The van der Waals surface area contributed by atoms with Crippen molar-refractivity contribution in [2.75, 3.05) is 13.2 Å². The second-order valence-corrected chi connectivity index (χ2v) is 8.18. The molecule has 0 aromatic heterocycles. The van der Waals surface area contributed by atoms with Crippen LogP contribution in [-0.4, -0.2) is 30.2 Å². The molecular weight excluding hydrogens is 403 g/mol. The third-order valence-electron chi connectivity index (χ3n) is 4.05. The second kappa shape index (κ2) is 17.0. The maximum atomic E-state index is 11.6. The van der Waals surface area contributed by atoms with Gasteiger partial charge in [-0.2, -0.15) is 0 Å². The Morgan fingerprint density at radius 1 is 0.967 bits per heavy atom. The number of carbonyl (C=O) groups is 1. The van der Waals surface area contributed by atoms with Gasteiger partial charge < -0.3 is 9.63 Å². The Morgan fingerprint density at radius 2 is 1.50 bits per heavy atom. The van der Waals surface area contributed by atoms with Gasteiger partial charge in [0.1, 0.15) is 12.7 Å². The number of hydrogen-bond acceptors (Lipinski definition) is 5. The third kappa shape index (κ3) is 15.2. The number of ether oxygens (including phenoxy) is 1.